The van der Waals surface area contributed by atoms with Gasteiger partial charge in [-0.3, -0.25) is 0 Å². The average molecular weight is 1270 g/mol. The molecule has 0 N–H and O–H groups in total. The third kappa shape index (κ3) is 8.99. The first kappa shape index (κ1) is 50.2. The van der Waals surface area contributed by atoms with Gasteiger partial charge in [0.25, 0.3) is 6.71 Å². The fourth-order valence-electron chi connectivity index (χ4n) is 16.6. The lowest BCUT2D eigenvalue weighted by molar-refractivity contribution is 0.591. The Balaban J connectivity index is 1.03. The quantitative estimate of drug-likeness (QED) is 0.126. The Morgan fingerprint density at radius 1 is 0.333 bits per heavy atom. The summed E-state index contributed by atoms with van der Waals surface area (Å²) in [5, 5.41) is -0.0145. The van der Waals surface area contributed by atoms with E-state index in [0.29, 0.717) is 5.69 Å². The van der Waals surface area contributed by atoms with E-state index in [9.17, 15) is 11.0 Å². The van der Waals surface area contributed by atoms with Gasteiger partial charge in [-0.1, -0.05) is 342 Å². The number of hydrogen-bond donors (Lipinski definition) is 0. The molecule has 3 aliphatic rings. The highest BCUT2D eigenvalue weighted by Gasteiger charge is 2.49. The van der Waals surface area contributed by atoms with Gasteiger partial charge >= 0.3 is 0 Å². The van der Waals surface area contributed by atoms with Gasteiger partial charge in [0.1, 0.15) is 0 Å². The van der Waals surface area contributed by atoms with Gasteiger partial charge in [-0.15, -0.1) is 0 Å². The molecular formula is C95H68BN3. The molecule has 3 nitrogen and oxygen atoms in total. The van der Waals surface area contributed by atoms with Crippen molar-refractivity contribution in [1.82, 2.24) is 4.57 Å². The molecule has 4 heteroatoms. The summed E-state index contributed by atoms with van der Waals surface area (Å²) in [5.74, 6) is 0. The Morgan fingerprint density at radius 3 is 1.25 bits per heavy atom. The van der Waals surface area contributed by atoms with Crippen molar-refractivity contribution >= 4 is 79.0 Å². The summed E-state index contributed by atoms with van der Waals surface area (Å²) in [6.45, 7) is 6.31. The van der Waals surface area contributed by atoms with E-state index in [2.05, 4.69) is 316 Å². The van der Waals surface area contributed by atoms with Crippen LogP contribution in [0.3, 0.4) is 0 Å². The maximum atomic E-state index is 10.1. The molecule has 466 valence electrons. The minimum absolute atomic E-state index is 0.00723. The highest BCUT2D eigenvalue weighted by Crippen LogP contribution is 2.60. The van der Waals surface area contributed by atoms with Crippen LogP contribution in [0.4, 0.5) is 34.1 Å². The lowest BCUT2D eigenvalue weighted by Crippen LogP contribution is -2.61. The molecule has 0 unspecified atom stereocenters. The van der Waals surface area contributed by atoms with E-state index in [1.54, 1.807) is 4.57 Å². The van der Waals surface area contributed by atoms with Crippen LogP contribution in [0.15, 0.2) is 358 Å². The zero-order chi connectivity index (χ0) is 72.9. The average Bonchev–Trinajstić information content (AvgIpc) is 1.31. The first-order valence-electron chi connectivity index (χ1n) is 38.0. The highest BCUT2D eigenvalue weighted by atomic mass is 15.2. The lowest BCUT2D eigenvalue weighted by atomic mass is 9.33. The van der Waals surface area contributed by atoms with Crippen molar-refractivity contribution in [1.29, 1.82) is 0 Å². The van der Waals surface area contributed by atoms with E-state index >= 15 is 0 Å². The summed E-state index contributed by atoms with van der Waals surface area (Å²) < 4.78 is 79.0. The molecule has 3 heterocycles. The van der Waals surface area contributed by atoms with E-state index < -0.39 is 48.4 Å². The summed E-state index contributed by atoms with van der Waals surface area (Å²) in [5.41, 5.74) is 25.3. The fourth-order valence-corrected chi connectivity index (χ4v) is 16.6. The maximum absolute atomic E-state index is 10.1. The number of aromatic nitrogens is 1. The number of rotatable bonds is 10. The Hall–Kier alpha value is -12.2. The van der Waals surface area contributed by atoms with E-state index in [1.807, 2.05) is 24.3 Å². The molecule has 1 aromatic heterocycles. The van der Waals surface area contributed by atoms with Crippen LogP contribution in [-0.2, 0) is 10.8 Å². The van der Waals surface area contributed by atoms with Crippen LogP contribution in [0.25, 0.3) is 94.3 Å². The van der Waals surface area contributed by atoms with Gasteiger partial charge in [-0.25, -0.2) is 0 Å². The van der Waals surface area contributed by atoms with Crippen LogP contribution in [0.2, 0.25) is 0 Å². The van der Waals surface area contributed by atoms with E-state index in [1.165, 1.54) is 11.1 Å². The van der Waals surface area contributed by atoms with Gasteiger partial charge in [-0.05, 0) is 130 Å². The molecule has 0 bridgehead atoms. The predicted octanol–water partition coefficient (Wildman–Crippen LogP) is 22.9. The minimum Gasteiger partial charge on any atom is -0.310 e. The standard InChI is InChI=1S/C95H68BN3/c1-94(2,3)70-56-58-86-83(60-70)96-82-57-55-67(72-46-28-51-80-77-43-22-25-52-81(77)95(90(72)80,68-39-18-8-19-40-68)69-41-20-9-21-42-69)59-87(82)99(93-75(65-35-14-6-15-36-65)49-30-50-76(93)66-37-16-7-17-38-66)89-62-71(97-84-53-26-23-44-78(84)79-45-24-27-54-85(79)97)61-88(91(89)96)98(86)92-73(63-31-10-4-11-32-63)47-29-48-74(92)64-33-12-5-13-34-64/h4-62H,1-3H3/i23D,24D,26D,27D,44D,45D,53D,54D. The van der Waals surface area contributed by atoms with Crippen LogP contribution in [0, 0.1) is 0 Å². The number of anilines is 6. The zero-order valence-corrected chi connectivity index (χ0v) is 54.9. The fraction of sp³-hybridized carbons (Fsp3) is 0.0526. The molecule has 19 rings (SSSR count). The van der Waals surface area contributed by atoms with Crippen LogP contribution in [0.5, 0.6) is 0 Å². The largest absolute Gasteiger partial charge is 0.310 e. The molecule has 16 aromatic rings. The molecule has 99 heavy (non-hydrogen) atoms. The summed E-state index contributed by atoms with van der Waals surface area (Å²) in [6.07, 6.45) is 0. The molecular weight excluding hydrogens is 1190 g/mol. The monoisotopic (exact) mass is 1270 g/mol. The number of fused-ring (bicyclic) bond motifs is 10. The van der Waals surface area contributed by atoms with Gasteiger partial charge in [0.05, 0.1) is 44.5 Å². The van der Waals surface area contributed by atoms with Crippen molar-refractivity contribution in [2.24, 2.45) is 0 Å². The van der Waals surface area contributed by atoms with Gasteiger partial charge in [-0.2, -0.15) is 0 Å². The Kier molecular flexibility index (Phi) is 11.6. The summed E-state index contributed by atoms with van der Waals surface area (Å²) in [4.78, 5) is 4.87. The number of nitrogens with zero attached hydrogens (tertiary/aromatic N) is 3. The Morgan fingerprint density at radius 2 is 0.758 bits per heavy atom. The van der Waals surface area contributed by atoms with Crippen molar-refractivity contribution in [3.63, 3.8) is 0 Å². The van der Waals surface area contributed by atoms with Crippen molar-refractivity contribution in [3.05, 3.63) is 386 Å². The van der Waals surface area contributed by atoms with Crippen molar-refractivity contribution in [3.8, 4) is 72.4 Å². The van der Waals surface area contributed by atoms with Crippen LogP contribution in [0.1, 0.15) is 59.6 Å². The van der Waals surface area contributed by atoms with Gasteiger partial charge < -0.3 is 14.4 Å². The lowest BCUT2D eigenvalue weighted by Gasteiger charge is -2.46. The van der Waals surface area contributed by atoms with Crippen LogP contribution >= 0.6 is 0 Å². The molecule has 1 aliphatic carbocycles. The molecule has 0 amide bonds. The first-order chi connectivity index (χ1) is 52.1. The van der Waals surface area contributed by atoms with E-state index in [0.717, 1.165) is 134 Å². The molecule has 0 saturated heterocycles. The number of benzene rings is 15. The molecule has 0 atom stereocenters. The topological polar surface area (TPSA) is 11.4 Å². The molecule has 0 saturated carbocycles. The smallest absolute Gasteiger partial charge is 0.252 e. The summed E-state index contributed by atoms with van der Waals surface area (Å²) in [6, 6.07) is 107. The SMILES string of the molecule is [2H]c1c([2H])c([2H])c2c(c1[2H])c1c([2H])c([2H])c([2H])c([2H])c1n2-c1cc2c3c(c1)N(c1c(-c4ccccc4)cccc1-c1ccccc1)c1cc(-c4cccc5c4C(c4ccccc4)(c4ccccc4)c4ccccc4-5)ccc1B3c1cc(C(C)(C)C)ccc1N2c1c(-c2ccccc2)cccc1-c1ccccc1. The summed E-state index contributed by atoms with van der Waals surface area (Å²) in [7, 11) is 0. The summed E-state index contributed by atoms with van der Waals surface area (Å²) >= 11 is 0. The molecule has 0 spiro atoms. The van der Waals surface area contributed by atoms with Gasteiger partial charge in [0.15, 0.2) is 0 Å². The third-order valence-electron chi connectivity index (χ3n) is 20.9. The minimum atomic E-state index is -0.770. The van der Waals surface area contributed by atoms with Gasteiger partial charge in [0.2, 0.25) is 0 Å². The molecule has 15 aromatic carbocycles. The normalized spacial score (nSPS) is 14.4. The van der Waals surface area contributed by atoms with E-state index in [-0.39, 0.29) is 39.3 Å². The predicted molar refractivity (Wildman–Crippen MR) is 418 cm³/mol. The highest BCUT2D eigenvalue weighted by molar-refractivity contribution is 7.00. The number of para-hydroxylation sites is 4. The Labute approximate surface area is 590 Å². The van der Waals surface area contributed by atoms with Crippen LogP contribution < -0.4 is 26.2 Å². The molecule has 0 radical (unpaired) electrons. The number of hydrogen-bond acceptors (Lipinski definition) is 2. The second-order valence-corrected chi connectivity index (χ2v) is 27.2. The van der Waals surface area contributed by atoms with Crippen LogP contribution in [-0.4, -0.2) is 11.3 Å². The molecule has 2 aliphatic heterocycles. The Bertz CT molecular complexity index is 6110. The second-order valence-electron chi connectivity index (χ2n) is 27.2. The molecule has 0 fully saturated rings. The first-order valence-corrected chi connectivity index (χ1v) is 34.0. The van der Waals surface area contributed by atoms with Crippen molar-refractivity contribution < 1.29 is 11.0 Å². The van der Waals surface area contributed by atoms with Crippen molar-refractivity contribution in [2.75, 3.05) is 9.80 Å². The van der Waals surface area contributed by atoms with Crippen molar-refractivity contribution in [2.45, 2.75) is 31.6 Å². The maximum Gasteiger partial charge on any atom is 0.252 e. The second kappa shape index (κ2) is 23.0. The van der Waals surface area contributed by atoms with E-state index in [4.69, 9.17) is 0 Å². The van der Waals surface area contributed by atoms with Gasteiger partial charge in [0, 0.05) is 55.8 Å². The third-order valence-corrected chi connectivity index (χ3v) is 20.9. The zero-order valence-electron chi connectivity index (χ0n) is 62.9.